The van der Waals surface area contributed by atoms with Gasteiger partial charge in [-0.25, -0.2) is 4.98 Å². The number of ether oxygens (including phenoxy) is 4. The zero-order valence-corrected chi connectivity index (χ0v) is 18.8. The molecule has 3 rings (SSSR count). The standard InChI is InChI=1S/C24H30N4O4/c1-4-30-20-12-16(11-18-15-27-24(26)28-23(18)25)13-21(31-5-2)22(20)17-7-6-8-19(14-17)32-10-9-29-3/h6-8,12-15H,4-5,9-11H2,1-3H3,(H4,25,26,27,28). The van der Waals surface area contributed by atoms with Gasteiger partial charge in [-0.1, -0.05) is 12.1 Å². The summed E-state index contributed by atoms with van der Waals surface area (Å²) in [7, 11) is 1.65. The summed E-state index contributed by atoms with van der Waals surface area (Å²) in [4.78, 5) is 8.11. The van der Waals surface area contributed by atoms with Gasteiger partial charge in [-0.2, -0.15) is 4.98 Å². The molecule has 0 saturated heterocycles. The fourth-order valence-corrected chi connectivity index (χ4v) is 3.34. The molecule has 0 saturated carbocycles. The maximum atomic E-state index is 6.03. The van der Waals surface area contributed by atoms with Crippen LogP contribution in [0.25, 0.3) is 11.1 Å². The summed E-state index contributed by atoms with van der Waals surface area (Å²) in [5, 5.41) is 0. The van der Waals surface area contributed by atoms with Crippen LogP contribution in [0.3, 0.4) is 0 Å². The van der Waals surface area contributed by atoms with Crippen LogP contribution in [0.15, 0.2) is 42.6 Å². The molecule has 0 spiro atoms. The average molecular weight is 439 g/mol. The molecular formula is C24H30N4O4. The van der Waals surface area contributed by atoms with E-state index in [0.29, 0.717) is 38.7 Å². The molecule has 0 aliphatic carbocycles. The van der Waals surface area contributed by atoms with Crippen LogP contribution in [0, 0.1) is 0 Å². The first-order valence-electron chi connectivity index (χ1n) is 10.6. The maximum Gasteiger partial charge on any atom is 0.221 e. The highest BCUT2D eigenvalue weighted by atomic mass is 16.5. The van der Waals surface area contributed by atoms with E-state index in [-0.39, 0.29) is 5.95 Å². The van der Waals surface area contributed by atoms with Crippen molar-refractivity contribution in [2.75, 3.05) is 45.0 Å². The molecule has 3 aromatic rings. The van der Waals surface area contributed by atoms with Crippen LogP contribution in [0.5, 0.6) is 17.2 Å². The van der Waals surface area contributed by atoms with Crippen LogP contribution < -0.4 is 25.7 Å². The predicted octanol–water partition coefficient (Wildman–Crippen LogP) is 3.72. The zero-order valence-electron chi connectivity index (χ0n) is 18.8. The Labute approximate surface area is 188 Å². The number of hydrogen-bond acceptors (Lipinski definition) is 8. The minimum Gasteiger partial charge on any atom is -0.493 e. The number of methoxy groups -OCH3 is 1. The van der Waals surface area contributed by atoms with Crippen LogP contribution in [0.1, 0.15) is 25.0 Å². The van der Waals surface area contributed by atoms with Gasteiger partial charge in [-0.05, 0) is 49.2 Å². The second-order valence-corrected chi connectivity index (χ2v) is 7.02. The third-order valence-electron chi connectivity index (χ3n) is 4.72. The molecule has 0 amide bonds. The SMILES string of the molecule is CCOc1cc(Cc2cnc(N)nc2N)cc(OCC)c1-c1cccc(OCCOC)c1. The summed E-state index contributed by atoms with van der Waals surface area (Å²) in [6, 6.07) is 11.8. The van der Waals surface area contributed by atoms with Gasteiger partial charge in [0, 0.05) is 25.3 Å². The first-order valence-corrected chi connectivity index (χ1v) is 10.6. The van der Waals surface area contributed by atoms with Crippen LogP contribution in [0.2, 0.25) is 0 Å². The van der Waals surface area contributed by atoms with Gasteiger partial charge in [-0.3, -0.25) is 0 Å². The molecule has 32 heavy (non-hydrogen) atoms. The molecule has 8 heteroatoms. The van der Waals surface area contributed by atoms with Gasteiger partial charge < -0.3 is 30.4 Å². The van der Waals surface area contributed by atoms with E-state index >= 15 is 0 Å². The predicted molar refractivity (Wildman–Crippen MR) is 125 cm³/mol. The number of nitrogen functional groups attached to an aromatic ring is 2. The highest BCUT2D eigenvalue weighted by Gasteiger charge is 2.17. The summed E-state index contributed by atoms with van der Waals surface area (Å²) in [6.45, 7) is 5.92. The normalized spacial score (nSPS) is 10.7. The van der Waals surface area contributed by atoms with Crippen molar-refractivity contribution in [1.29, 1.82) is 0 Å². The molecule has 0 unspecified atom stereocenters. The summed E-state index contributed by atoms with van der Waals surface area (Å²) in [5.74, 6) is 2.70. The van der Waals surface area contributed by atoms with Gasteiger partial charge in [0.1, 0.15) is 29.7 Å². The van der Waals surface area contributed by atoms with Crippen LogP contribution in [0.4, 0.5) is 11.8 Å². The van der Waals surface area contributed by atoms with E-state index in [9.17, 15) is 0 Å². The van der Waals surface area contributed by atoms with E-state index in [0.717, 1.165) is 39.5 Å². The van der Waals surface area contributed by atoms with E-state index in [1.165, 1.54) is 0 Å². The number of rotatable bonds is 11. The Kier molecular flexibility index (Phi) is 8.10. The van der Waals surface area contributed by atoms with Gasteiger partial charge in [0.15, 0.2) is 0 Å². The van der Waals surface area contributed by atoms with Crippen molar-refractivity contribution in [2.45, 2.75) is 20.3 Å². The van der Waals surface area contributed by atoms with Gasteiger partial charge in [-0.15, -0.1) is 0 Å². The molecular weight excluding hydrogens is 408 g/mol. The third kappa shape index (κ3) is 5.79. The molecule has 1 aromatic heterocycles. The van der Waals surface area contributed by atoms with E-state index in [1.54, 1.807) is 13.3 Å². The van der Waals surface area contributed by atoms with E-state index in [2.05, 4.69) is 9.97 Å². The topological polar surface area (TPSA) is 115 Å². The molecule has 4 N–H and O–H groups in total. The van der Waals surface area contributed by atoms with Crippen LogP contribution >= 0.6 is 0 Å². The molecule has 1 heterocycles. The van der Waals surface area contributed by atoms with Gasteiger partial charge in [0.25, 0.3) is 0 Å². The first-order chi connectivity index (χ1) is 15.5. The number of anilines is 2. The second-order valence-electron chi connectivity index (χ2n) is 7.02. The largest absolute Gasteiger partial charge is 0.493 e. The smallest absolute Gasteiger partial charge is 0.221 e. The lowest BCUT2D eigenvalue weighted by Gasteiger charge is -2.18. The molecule has 0 fully saturated rings. The lowest BCUT2D eigenvalue weighted by Crippen LogP contribution is -2.06. The Bertz CT molecular complexity index is 1020. The highest BCUT2D eigenvalue weighted by molar-refractivity contribution is 5.78. The minimum absolute atomic E-state index is 0.152. The van der Waals surface area contributed by atoms with Crippen molar-refractivity contribution in [3.05, 3.63) is 53.7 Å². The van der Waals surface area contributed by atoms with Crippen LogP contribution in [-0.4, -0.2) is 43.5 Å². The maximum absolute atomic E-state index is 6.03. The molecule has 0 radical (unpaired) electrons. The van der Waals surface area contributed by atoms with E-state index in [4.69, 9.17) is 30.4 Å². The van der Waals surface area contributed by atoms with Crippen molar-refractivity contribution < 1.29 is 18.9 Å². The lowest BCUT2D eigenvalue weighted by molar-refractivity contribution is 0.146. The monoisotopic (exact) mass is 438 g/mol. The number of nitrogens with two attached hydrogens (primary N) is 2. The van der Waals surface area contributed by atoms with Gasteiger partial charge in [0.2, 0.25) is 5.95 Å². The molecule has 0 aliphatic heterocycles. The summed E-state index contributed by atoms with van der Waals surface area (Å²) < 4.78 is 22.9. The van der Waals surface area contributed by atoms with Crippen molar-refractivity contribution in [2.24, 2.45) is 0 Å². The van der Waals surface area contributed by atoms with Crippen molar-refractivity contribution in [3.8, 4) is 28.4 Å². The van der Waals surface area contributed by atoms with E-state index < -0.39 is 0 Å². The Morgan fingerprint density at radius 1 is 0.906 bits per heavy atom. The Morgan fingerprint density at radius 2 is 1.62 bits per heavy atom. The molecule has 0 atom stereocenters. The van der Waals surface area contributed by atoms with Crippen LogP contribution in [-0.2, 0) is 11.2 Å². The Balaban J connectivity index is 2.02. The van der Waals surface area contributed by atoms with E-state index in [1.807, 2.05) is 50.2 Å². The molecule has 8 nitrogen and oxygen atoms in total. The molecule has 170 valence electrons. The van der Waals surface area contributed by atoms with Gasteiger partial charge in [0.05, 0.1) is 25.4 Å². The van der Waals surface area contributed by atoms with Crippen molar-refractivity contribution in [1.82, 2.24) is 9.97 Å². The summed E-state index contributed by atoms with van der Waals surface area (Å²) in [5.41, 5.74) is 15.2. The molecule has 0 aliphatic rings. The summed E-state index contributed by atoms with van der Waals surface area (Å²) >= 11 is 0. The quantitative estimate of drug-likeness (QED) is 0.435. The number of nitrogens with zero attached hydrogens (tertiary/aromatic N) is 2. The Morgan fingerprint density at radius 3 is 2.25 bits per heavy atom. The second kappa shape index (κ2) is 11.2. The van der Waals surface area contributed by atoms with Crippen molar-refractivity contribution >= 4 is 11.8 Å². The zero-order chi connectivity index (χ0) is 22.9. The highest BCUT2D eigenvalue weighted by Crippen LogP contribution is 2.41. The number of aromatic nitrogens is 2. The fraction of sp³-hybridized carbons (Fsp3) is 0.333. The minimum atomic E-state index is 0.152. The molecule has 2 aromatic carbocycles. The van der Waals surface area contributed by atoms with Crippen molar-refractivity contribution in [3.63, 3.8) is 0 Å². The third-order valence-corrected chi connectivity index (χ3v) is 4.72. The number of benzene rings is 2. The molecule has 0 bridgehead atoms. The first kappa shape index (κ1) is 23.1. The summed E-state index contributed by atoms with van der Waals surface area (Å²) in [6.07, 6.45) is 2.17. The lowest BCUT2D eigenvalue weighted by atomic mass is 9.98. The Hall–Kier alpha value is -3.52. The fourth-order valence-electron chi connectivity index (χ4n) is 3.34. The van der Waals surface area contributed by atoms with Gasteiger partial charge >= 0.3 is 0 Å². The average Bonchev–Trinajstić information content (AvgIpc) is 2.77. The number of hydrogen-bond donors (Lipinski definition) is 2.